The van der Waals surface area contributed by atoms with Crippen molar-refractivity contribution in [2.24, 2.45) is 5.92 Å². The maximum Gasteiger partial charge on any atom is 0.266 e. The van der Waals surface area contributed by atoms with Crippen LogP contribution < -0.4 is 15.6 Å². The first-order valence-electron chi connectivity index (χ1n) is 7.00. The van der Waals surface area contributed by atoms with E-state index >= 15 is 0 Å². The van der Waals surface area contributed by atoms with Gasteiger partial charge < -0.3 is 15.0 Å². The summed E-state index contributed by atoms with van der Waals surface area (Å²) < 4.78 is 5.69. The fourth-order valence-corrected chi connectivity index (χ4v) is 2.62. The van der Waals surface area contributed by atoms with E-state index in [1.807, 2.05) is 24.3 Å². The predicted octanol–water partition coefficient (Wildman–Crippen LogP) is 2.01. The van der Waals surface area contributed by atoms with Crippen LogP contribution in [0, 0.1) is 5.92 Å². The third-order valence-corrected chi connectivity index (χ3v) is 3.91. The summed E-state index contributed by atoms with van der Waals surface area (Å²) >= 11 is 5.72. The molecule has 1 aromatic carbocycles. The van der Waals surface area contributed by atoms with Gasteiger partial charge in [-0.2, -0.15) is 0 Å². The lowest BCUT2D eigenvalue weighted by Gasteiger charge is -2.25. The predicted molar refractivity (Wildman–Crippen MR) is 83.5 cm³/mol. The summed E-state index contributed by atoms with van der Waals surface area (Å²) in [6.07, 6.45) is 2.22. The van der Waals surface area contributed by atoms with Gasteiger partial charge in [-0.05, 0) is 24.1 Å². The first-order chi connectivity index (χ1) is 10.6. The van der Waals surface area contributed by atoms with E-state index in [4.69, 9.17) is 16.3 Å². The minimum absolute atomic E-state index is 0.00239. The zero-order valence-electron chi connectivity index (χ0n) is 11.8. The zero-order valence-corrected chi connectivity index (χ0v) is 12.5. The lowest BCUT2D eigenvalue weighted by molar-refractivity contribution is 0.0938. The van der Waals surface area contributed by atoms with E-state index in [1.54, 1.807) is 0 Å². The first-order valence-corrected chi connectivity index (χ1v) is 7.38. The summed E-state index contributed by atoms with van der Waals surface area (Å²) in [7, 11) is 0. The molecule has 1 amide bonds. The van der Waals surface area contributed by atoms with Crippen LogP contribution in [-0.4, -0.2) is 24.0 Å². The van der Waals surface area contributed by atoms with Crippen molar-refractivity contribution in [3.63, 3.8) is 0 Å². The number of aromatic amines is 1. The Labute approximate surface area is 132 Å². The second-order valence-electron chi connectivity index (χ2n) is 5.26. The van der Waals surface area contributed by atoms with Crippen molar-refractivity contribution >= 4 is 17.5 Å². The number of fused-ring (bicyclic) bond motifs is 1. The SMILES string of the molecule is O=C(NC[C@@H]1COc2ccccc2C1)c1c[nH]c(=O)c(Cl)c1. The Morgan fingerprint density at radius 1 is 1.41 bits per heavy atom. The van der Waals surface area contributed by atoms with Gasteiger partial charge in [0.2, 0.25) is 0 Å². The number of benzene rings is 1. The number of nitrogens with one attached hydrogen (secondary N) is 2. The van der Waals surface area contributed by atoms with Crippen LogP contribution in [0.3, 0.4) is 0 Å². The van der Waals surface area contributed by atoms with Crippen molar-refractivity contribution in [3.8, 4) is 5.75 Å². The van der Waals surface area contributed by atoms with E-state index in [0.717, 1.165) is 17.7 Å². The topological polar surface area (TPSA) is 71.2 Å². The molecule has 0 saturated heterocycles. The van der Waals surface area contributed by atoms with Gasteiger partial charge in [0, 0.05) is 18.7 Å². The van der Waals surface area contributed by atoms with Crippen LogP contribution >= 0.6 is 11.6 Å². The number of ether oxygens (including phenoxy) is 1. The molecule has 1 aliphatic heterocycles. The number of amides is 1. The second-order valence-corrected chi connectivity index (χ2v) is 5.67. The van der Waals surface area contributed by atoms with Crippen LogP contribution in [0.2, 0.25) is 5.02 Å². The molecule has 114 valence electrons. The van der Waals surface area contributed by atoms with Crippen LogP contribution in [0.4, 0.5) is 0 Å². The van der Waals surface area contributed by atoms with Gasteiger partial charge >= 0.3 is 0 Å². The lowest BCUT2D eigenvalue weighted by atomic mass is 9.97. The molecule has 1 atom stereocenters. The summed E-state index contributed by atoms with van der Waals surface area (Å²) in [5, 5.41) is 2.85. The molecule has 0 fully saturated rings. The molecule has 2 aromatic rings. The summed E-state index contributed by atoms with van der Waals surface area (Å²) in [5.41, 5.74) is 1.08. The molecule has 5 nitrogen and oxygen atoms in total. The number of rotatable bonds is 3. The number of para-hydroxylation sites is 1. The van der Waals surface area contributed by atoms with E-state index < -0.39 is 5.56 Å². The monoisotopic (exact) mass is 318 g/mol. The van der Waals surface area contributed by atoms with Gasteiger partial charge in [-0.1, -0.05) is 29.8 Å². The molecule has 0 unspecified atom stereocenters. The van der Waals surface area contributed by atoms with Crippen molar-refractivity contribution in [1.29, 1.82) is 0 Å². The molecule has 6 heteroatoms. The zero-order chi connectivity index (χ0) is 15.5. The van der Waals surface area contributed by atoms with Crippen molar-refractivity contribution in [2.75, 3.05) is 13.2 Å². The summed E-state index contributed by atoms with van der Waals surface area (Å²) in [6, 6.07) is 9.27. The Kier molecular flexibility index (Phi) is 4.15. The third-order valence-electron chi connectivity index (χ3n) is 3.63. The quantitative estimate of drug-likeness (QED) is 0.909. The van der Waals surface area contributed by atoms with E-state index in [2.05, 4.69) is 10.3 Å². The number of carbonyl (C=O) groups is 1. The van der Waals surface area contributed by atoms with E-state index in [0.29, 0.717) is 18.7 Å². The molecule has 0 spiro atoms. The Morgan fingerprint density at radius 2 is 2.23 bits per heavy atom. The summed E-state index contributed by atoms with van der Waals surface area (Å²) in [4.78, 5) is 25.7. The Bertz CT molecular complexity index is 757. The van der Waals surface area contributed by atoms with Gasteiger partial charge in [0.25, 0.3) is 11.5 Å². The van der Waals surface area contributed by atoms with Gasteiger partial charge in [-0.25, -0.2) is 0 Å². The molecule has 0 aliphatic carbocycles. The molecule has 2 N–H and O–H groups in total. The molecule has 1 aliphatic rings. The number of hydrogen-bond donors (Lipinski definition) is 2. The molecule has 3 rings (SSSR count). The van der Waals surface area contributed by atoms with Crippen LogP contribution in [0.25, 0.3) is 0 Å². The van der Waals surface area contributed by atoms with E-state index in [1.165, 1.54) is 12.3 Å². The van der Waals surface area contributed by atoms with Crippen molar-refractivity contribution < 1.29 is 9.53 Å². The second kappa shape index (κ2) is 6.23. The van der Waals surface area contributed by atoms with Gasteiger partial charge in [0.1, 0.15) is 10.8 Å². The normalized spacial score (nSPS) is 16.5. The first kappa shape index (κ1) is 14.7. The highest BCUT2D eigenvalue weighted by Gasteiger charge is 2.20. The number of aromatic nitrogens is 1. The van der Waals surface area contributed by atoms with Crippen molar-refractivity contribution in [1.82, 2.24) is 10.3 Å². The van der Waals surface area contributed by atoms with Crippen molar-refractivity contribution in [2.45, 2.75) is 6.42 Å². The number of pyridine rings is 1. The van der Waals surface area contributed by atoms with Gasteiger partial charge in [-0.3, -0.25) is 9.59 Å². The standard InChI is InChI=1S/C16H15ClN2O3/c17-13-6-12(8-19-16(13)21)15(20)18-7-10-5-11-3-1-2-4-14(11)22-9-10/h1-4,6,8,10H,5,7,9H2,(H,18,20)(H,19,21)/t10-/m1/s1. The minimum atomic E-state index is -0.407. The number of hydrogen-bond acceptors (Lipinski definition) is 3. The molecule has 0 saturated carbocycles. The Balaban J connectivity index is 1.60. The third kappa shape index (κ3) is 3.14. The fraction of sp³-hybridized carbons (Fsp3) is 0.250. The number of carbonyl (C=O) groups excluding carboxylic acids is 1. The smallest absolute Gasteiger partial charge is 0.266 e. The highest BCUT2D eigenvalue weighted by Crippen LogP contribution is 2.26. The maximum atomic E-state index is 12.1. The molecular weight excluding hydrogens is 304 g/mol. The molecule has 0 radical (unpaired) electrons. The Hall–Kier alpha value is -2.27. The molecular formula is C16H15ClN2O3. The molecule has 1 aromatic heterocycles. The highest BCUT2D eigenvalue weighted by molar-refractivity contribution is 6.30. The number of H-pyrrole nitrogens is 1. The lowest BCUT2D eigenvalue weighted by Crippen LogP contribution is -2.35. The Morgan fingerprint density at radius 3 is 3.05 bits per heavy atom. The van der Waals surface area contributed by atoms with Crippen LogP contribution in [-0.2, 0) is 6.42 Å². The molecule has 22 heavy (non-hydrogen) atoms. The van der Waals surface area contributed by atoms with Crippen molar-refractivity contribution in [3.05, 3.63) is 63.0 Å². The van der Waals surface area contributed by atoms with Gasteiger partial charge in [-0.15, -0.1) is 0 Å². The molecule has 0 bridgehead atoms. The highest BCUT2D eigenvalue weighted by atomic mass is 35.5. The number of halogens is 1. The van der Waals surface area contributed by atoms with Gasteiger partial charge in [0.15, 0.2) is 0 Å². The average molecular weight is 319 g/mol. The average Bonchev–Trinajstić information content (AvgIpc) is 2.55. The largest absolute Gasteiger partial charge is 0.493 e. The van der Waals surface area contributed by atoms with Crippen LogP contribution in [0.15, 0.2) is 41.3 Å². The maximum absolute atomic E-state index is 12.1. The van der Waals surface area contributed by atoms with Gasteiger partial charge in [0.05, 0.1) is 12.2 Å². The summed E-state index contributed by atoms with van der Waals surface area (Å²) in [5.74, 6) is 0.867. The van der Waals surface area contributed by atoms with E-state index in [9.17, 15) is 9.59 Å². The minimum Gasteiger partial charge on any atom is -0.493 e. The van der Waals surface area contributed by atoms with Crippen LogP contribution in [0.5, 0.6) is 5.75 Å². The fourth-order valence-electron chi connectivity index (χ4n) is 2.45. The molecule has 2 heterocycles. The van der Waals surface area contributed by atoms with E-state index in [-0.39, 0.29) is 16.8 Å². The summed E-state index contributed by atoms with van der Waals surface area (Å²) in [6.45, 7) is 1.08. The van der Waals surface area contributed by atoms with Crippen LogP contribution in [0.1, 0.15) is 15.9 Å².